The summed E-state index contributed by atoms with van der Waals surface area (Å²) < 4.78 is 16.2. The van der Waals surface area contributed by atoms with Gasteiger partial charge in [-0.2, -0.15) is 0 Å². The van der Waals surface area contributed by atoms with Crippen molar-refractivity contribution in [2.24, 2.45) is 5.73 Å². The van der Waals surface area contributed by atoms with E-state index in [-0.39, 0.29) is 6.04 Å². The molecule has 6 heteroatoms. The third kappa shape index (κ3) is 6.95. The van der Waals surface area contributed by atoms with E-state index in [2.05, 4.69) is 36.2 Å². The largest absolute Gasteiger partial charge is 0.500 e. The summed E-state index contributed by atoms with van der Waals surface area (Å²) >= 11 is 0. The van der Waals surface area contributed by atoms with Gasteiger partial charge in [-0.1, -0.05) is 36.9 Å². The molecule has 0 bridgehead atoms. The molecule has 0 aromatic heterocycles. The van der Waals surface area contributed by atoms with Crippen LogP contribution in [0.25, 0.3) is 6.08 Å². The van der Waals surface area contributed by atoms with Gasteiger partial charge in [0.2, 0.25) is 0 Å². The Balaban J connectivity index is 2.23. The Morgan fingerprint density at radius 3 is 2.26 bits per heavy atom. The van der Waals surface area contributed by atoms with E-state index in [1.807, 2.05) is 6.08 Å². The molecule has 1 aromatic rings. The number of rotatable bonds is 12. The summed E-state index contributed by atoms with van der Waals surface area (Å²) in [4.78, 5) is 0. The molecule has 0 saturated heterocycles. The fourth-order valence-corrected chi connectivity index (χ4v) is 4.19. The molecule has 5 nitrogen and oxygen atoms in total. The Morgan fingerprint density at radius 2 is 1.74 bits per heavy atom. The van der Waals surface area contributed by atoms with Gasteiger partial charge >= 0.3 is 8.80 Å². The predicted molar refractivity (Wildman–Crippen MR) is 97.0 cm³/mol. The van der Waals surface area contributed by atoms with Crippen molar-refractivity contribution in [1.29, 1.82) is 0 Å². The van der Waals surface area contributed by atoms with Crippen molar-refractivity contribution in [3.63, 3.8) is 0 Å². The number of nitrogens with one attached hydrogen (secondary N) is 1. The molecule has 1 atom stereocenters. The highest BCUT2D eigenvalue weighted by Crippen LogP contribution is 2.16. The van der Waals surface area contributed by atoms with Crippen molar-refractivity contribution in [3.8, 4) is 0 Å². The molecule has 0 amide bonds. The van der Waals surface area contributed by atoms with Crippen molar-refractivity contribution in [3.05, 3.63) is 42.0 Å². The molecule has 0 heterocycles. The minimum atomic E-state index is -2.50. The average molecular weight is 339 g/mol. The van der Waals surface area contributed by atoms with Crippen molar-refractivity contribution in [2.45, 2.75) is 31.5 Å². The topological polar surface area (TPSA) is 65.7 Å². The summed E-state index contributed by atoms with van der Waals surface area (Å²) in [5, 5.41) is 3.42. The molecule has 130 valence electrons. The van der Waals surface area contributed by atoms with Gasteiger partial charge in [-0.15, -0.1) is 0 Å². The lowest BCUT2D eigenvalue weighted by molar-refractivity contribution is 0.122. The van der Waals surface area contributed by atoms with Gasteiger partial charge in [-0.3, -0.25) is 0 Å². The number of benzene rings is 1. The zero-order valence-electron chi connectivity index (χ0n) is 14.5. The van der Waals surface area contributed by atoms with Crippen LogP contribution < -0.4 is 11.1 Å². The lowest BCUT2D eigenvalue weighted by Gasteiger charge is -2.25. The Hall–Kier alpha value is -1.02. The minimum Gasteiger partial charge on any atom is -0.377 e. The van der Waals surface area contributed by atoms with Crippen molar-refractivity contribution in [1.82, 2.24) is 5.32 Å². The molecule has 0 radical (unpaired) electrons. The SMILES string of the molecule is C=Cc1ccc(CNCCC(N)CC[Si](OC)(OC)OC)cc1. The zero-order chi connectivity index (χ0) is 17.1. The van der Waals surface area contributed by atoms with Crippen LogP contribution in [0.15, 0.2) is 30.8 Å². The van der Waals surface area contributed by atoms with E-state index in [4.69, 9.17) is 19.0 Å². The van der Waals surface area contributed by atoms with Crippen molar-refractivity contribution in [2.75, 3.05) is 27.9 Å². The van der Waals surface area contributed by atoms with Gasteiger partial charge in [-0.25, -0.2) is 0 Å². The van der Waals surface area contributed by atoms with E-state index >= 15 is 0 Å². The van der Waals surface area contributed by atoms with Crippen LogP contribution in [0.1, 0.15) is 24.0 Å². The number of hydrogen-bond acceptors (Lipinski definition) is 5. The first kappa shape index (κ1) is 20.0. The van der Waals surface area contributed by atoms with Gasteiger partial charge < -0.3 is 24.3 Å². The van der Waals surface area contributed by atoms with E-state index in [9.17, 15) is 0 Å². The molecule has 0 aliphatic rings. The second-order valence-corrected chi connectivity index (χ2v) is 8.60. The Labute approximate surface area is 141 Å². The summed E-state index contributed by atoms with van der Waals surface area (Å²) in [5.74, 6) is 0. The first-order valence-electron chi connectivity index (χ1n) is 7.92. The monoisotopic (exact) mass is 338 g/mol. The first-order valence-corrected chi connectivity index (χ1v) is 9.85. The van der Waals surface area contributed by atoms with Gasteiger partial charge in [0.1, 0.15) is 0 Å². The molecule has 1 aromatic carbocycles. The zero-order valence-corrected chi connectivity index (χ0v) is 15.5. The lowest BCUT2D eigenvalue weighted by atomic mass is 10.1. The van der Waals surface area contributed by atoms with Crippen LogP contribution in [-0.2, 0) is 19.8 Å². The lowest BCUT2D eigenvalue weighted by Crippen LogP contribution is -2.44. The maximum absolute atomic E-state index is 6.17. The van der Waals surface area contributed by atoms with Crippen LogP contribution in [0, 0.1) is 0 Å². The van der Waals surface area contributed by atoms with Crippen LogP contribution >= 0.6 is 0 Å². The Kier molecular flexibility index (Phi) is 9.31. The normalized spacial score (nSPS) is 13.0. The van der Waals surface area contributed by atoms with Gasteiger partial charge in [-0.05, 0) is 30.5 Å². The van der Waals surface area contributed by atoms with Gasteiger partial charge in [0.15, 0.2) is 0 Å². The third-order valence-electron chi connectivity index (χ3n) is 3.99. The quantitative estimate of drug-likeness (QED) is 0.452. The molecule has 0 aliphatic carbocycles. The molecule has 0 fully saturated rings. The molecule has 0 spiro atoms. The summed E-state index contributed by atoms with van der Waals surface area (Å²) in [6.07, 6.45) is 3.59. The molecular formula is C17H30N2O3Si. The number of hydrogen-bond donors (Lipinski definition) is 2. The maximum Gasteiger partial charge on any atom is 0.500 e. The van der Waals surface area contributed by atoms with Crippen molar-refractivity contribution >= 4 is 14.9 Å². The van der Waals surface area contributed by atoms with Crippen LogP contribution in [0.4, 0.5) is 0 Å². The van der Waals surface area contributed by atoms with E-state index in [1.165, 1.54) is 5.56 Å². The van der Waals surface area contributed by atoms with Gasteiger partial charge in [0, 0.05) is 40.0 Å². The molecule has 23 heavy (non-hydrogen) atoms. The van der Waals surface area contributed by atoms with E-state index in [0.717, 1.165) is 37.5 Å². The van der Waals surface area contributed by atoms with Crippen LogP contribution in [0.2, 0.25) is 6.04 Å². The van der Waals surface area contributed by atoms with E-state index in [1.54, 1.807) is 21.3 Å². The minimum absolute atomic E-state index is 0.109. The molecule has 0 saturated carbocycles. The smallest absolute Gasteiger partial charge is 0.377 e. The van der Waals surface area contributed by atoms with Crippen LogP contribution in [0.3, 0.4) is 0 Å². The summed E-state index contributed by atoms with van der Waals surface area (Å²) in [7, 11) is 2.39. The standard InChI is InChI=1S/C17H30N2O3Si/c1-5-15-6-8-16(9-7-15)14-19-12-10-17(18)11-13-23(20-2,21-3)22-4/h5-9,17,19H,1,10-14,18H2,2-4H3. The highest BCUT2D eigenvalue weighted by molar-refractivity contribution is 6.60. The molecule has 1 unspecified atom stereocenters. The highest BCUT2D eigenvalue weighted by Gasteiger charge is 2.37. The van der Waals surface area contributed by atoms with Gasteiger partial charge in [0.05, 0.1) is 0 Å². The van der Waals surface area contributed by atoms with Crippen molar-refractivity contribution < 1.29 is 13.3 Å². The maximum atomic E-state index is 6.17. The second kappa shape index (κ2) is 10.7. The predicted octanol–water partition coefficient (Wildman–Crippen LogP) is 2.40. The average Bonchev–Trinajstić information content (AvgIpc) is 2.61. The van der Waals surface area contributed by atoms with Gasteiger partial charge in [0.25, 0.3) is 0 Å². The highest BCUT2D eigenvalue weighted by atomic mass is 28.4. The summed E-state index contributed by atoms with van der Waals surface area (Å²) in [6, 6.07) is 9.21. The Bertz CT molecular complexity index is 441. The summed E-state index contributed by atoms with van der Waals surface area (Å²) in [5.41, 5.74) is 8.56. The molecule has 0 aliphatic heterocycles. The Morgan fingerprint density at radius 1 is 1.13 bits per heavy atom. The van der Waals surface area contributed by atoms with E-state index in [0.29, 0.717) is 0 Å². The third-order valence-corrected chi connectivity index (χ3v) is 6.76. The van der Waals surface area contributed by atoms with E-state index < -0.39 is 8.80 Å². The second-order valence-electron chi connectivity index (χ2n) is 5.51. The first-order chi connectivity index (χ1) is 11.1. The fraction of sp³-hybridized carbons (Fsp3) is 0.529. The molecule has 3 N–H and O–H groups in total. The molecule has 1 rings (SSSR count). The number of nitrogens with two attached hydrogens (primary N) is 1. The van der Waals surface area contributed by atoms with Crippen LogP contribution in [-0.4, -0.2) is 42.7 Å². The van der Waals surface area contributed by atoms with Crippen LogP contribution in [0.5, 0.6) is 0 Å². The molecular weight excluding hydrogens is 308 g/mol. The fourth-order valence-electron chi connectivity index (χ4n) is 2.35. The summed E-state index contributed by atoms with van der Waals surface area (Å²) in [6.45, 7) is 5.48.